The molecule has 0 saturated heterocycles. The number of nitrogens with zero attached hydrogens (tertiary/aromatic N) is 6. The second-order valence-electron chi connectivity index (χ2n) is 9.00. The summed E-state index contributed by atoms with van der Waals surface area (Å²) >= 11 is 57.4. The molecule has 0 unspecified atom stereocenters. The van der Waals surface area contributed by atoms with Crippen molar-refractivity contribution in [3.8, 4) is 22.3 Å². The van der Waals surface area contributed by atoms with Crippen LogP contribution in [0.4, 0.5) is 0 Å². The van der Waals surface area contributed by atoms with E-state index in [4.69, 9.17) is 81.2 Å². The molecule has 3 aromatic carbocycles. The van der Waals surface area contributed by atoms with E-state index >= 15 is 0 Å². The number of fused-ring (bicyclic) bond motifs is 3. The first-order chi connectivity index (χ1) is 21.0. The van der Waals surface area contributed by atoms with Crippen LogP contribution >= 0.6 is 151 Å². The zero-order valence-corrected chi connectivity index (χ0v) is 32.0. The fourth-order valence-corrected chi connectivity index (χ4v) is 12.7. The Bertz CT molecular complexity index is 2160. The lowest BCUT2D eigenvalue weighted by Crippen LogP contribution is -1.92. The van der Waals surface area contributed by atoms with E-state index in [1.807, 2.05) is 20.8 Å². The van der Waals surface area contributed by atoms with Crippen molar-refractivity contribution in [2.45, 2.75) is 48.5 Å². The predicted molar refractivity (Wildman–Crippen MR) is 190 cm³/mol. The van der Waals surface area contributed by atoms with Gasteiger partial charge in [0.25, 0.3) is 0 Å². The molecule has 3 aromatic heterocycles. The van der Waals surface area contributed by atoms with Gasteiger partial charge in [-0.2, -0.15) is 0 Å². The highest BCUT2D eigenvalue weighted by Gasteiger charge is 2.39. The molecule has 0 bridgehead atoms. The van der Waals surface area contributed by atoms with E-state index < -0.39 is 0 Å². The van der Waals surface area contributed by atoms with Crippen molar-refractivity contribution in [3.05, 3.63) is 50.2 Å². The number of halogens is 7. The summed E-state index contributed by atoms with van der Waals surface area (Å²) in [7, 11) is 0. The highest BCUT2D eigenvalue weighted by Crippen LogP contribution is 2.66. The van der Waals surface area contributed by atoms with Gasteiger partial charge in [-0.1, -0.05) is 151 Å². The molecule has 224 valence electrons. The van der Waals surface area contributed by atoms with Gasteiger partial charge < -0.3 is 0 Å². The first-order valence-electron chi connectivity index (χ1n) is 12.0. The molecule has 0 spiro atoms. The summed E-state index contributed by atoms with van der Waals surface area (Å²) in [6.07, 6.45) is 0. The number of aromatic nitrogens is 6. The number of benzene rings is 3. The molecule has 6 nitrogen and oxygen atoms in total. The van der Waals surface area contributed by atoms with Gasteiger partial charge in [0.1, 0.15) is 15.0 Å². The number of rotatable bonds is 6. The largest absolute Gasteiger partial charge is 0.179 e. The Hall–Kier alpha value is -0.320. The Balaban J connectivity index is 1.67. The zero-order chi connectivity index (χ0) is 31.2. The van der Waals surface area contributed by atoms with Crippen molar-refractivity contribution in [3.63, 3.8) is 0 Å². The van der Waals surface area contributed by atoms with Gasteiger partial charge >= 0.3 is 0 Å². The smallest absolute Gasteiger partial charge is 0.143 e. The molecular weight excluding hydrogens is 825 g/mol. The van der Waals surface area contributed by atoms with Crippen LogP contribution in [0.5, 0.6) is 0 Å². The second-order valence-corrected chi connectivity index (χ2v) is 19.0. The first kappa shape index (κ1) is 32.2. The molecule has 44 heavy (non-hydrogen) atoms. The monoisotopic (exact) mass is 830 g/mol. The van der Waals surface area contributed by atoms with Gasteiger partial charge in [-0.15, -0.1) is 30.6 Å². The van der Waals surface area contributed by atoms with Crippen molar-refractivity contribution in [2.24, 2.45) is 0 Å². The lowest BCUT2D eigenvalue weighted by Gasteiger charge is -2.19. The van der Waals surface area contributed by atoms with E-state index in [2.05, 4.69) is 30.6 Å². The number of hydrogen-bond donors (Lipinski definition) is 0. The molecule has 7 rings (SSSR count). The summed E-state index contributed by atoms with van der Waals surface area (Å²) in [6, 6.07) is 0. The highest BCUT2D eigenvalue weighted by molar-refractivity contribution is 8.02. The maximum Gasteiger partial charge on any atom is 0.179 e. The van der Waals surface area contributed by atoms with Crippen LogP contribution < -0.4 is 0 Å². The van der Waals surface area contributed by atoms with E-state index in [-0.39, 0.29) is 25.1 Å². The van der Waals surface area contributed by atoms with Crippen LogP contribution in [0.15, 0.2) is 27.7 Å². The SMILES string of the molecule is Cc1nnc(Sc2c(Cl)c(Cl)c3c(Sc4nnc(C)s4)c(Cl)c(Sc4nnc(C)s4)c4c3c2-c2c(Cl)c(Cl)c(Cl)c(Cl)c2-4)s1. The second kappa shape index (κ2) is 12.3. The molecule has 0 aliphatic heterocycles. The van der Waals surface area contributed by atoms with Gasteiger partial charge in [-0.3, -0.25) is 0 Å². The molecule has 1 aliphatic carbocycles. The van der Waals surface area contributed by atoms with Crippen LogP contribution in [0, 0.1) is 20.8 Å². The summed E-state index contributed by atoms with van der Waals surface area (Å²) in [5.41, 5.74) is 2.50. The number of aryl methyl sites for hydroxylation is 3. The van der Waals surface area contributed by atoms with E-state index in [1.165, 1.54) is 69.3 Å². The van der Waals surface area contributed by atoms with Crippen molar-refractivity contribution < 1.29 is 0 Å². The molecule has 0 atom stereocenters. The van der Waals surface area contributed by atoms with E-state index in [0.29, 0.717) is 65.4 Å². The standard InChI is InChI=1S/C25H9Cl7N6S6/c1-4-33-36-23(39-4)42-20-10-7-11(9-8(10)13(26)16(29)17(30)14(9)27)21(43-24-37-34-5(2)40-24)19(32)22(12(7)15(28)18(20)31)44-25-38-35-6(3)41-25/h1-3H3. The van der Waals surface area contributed by atoms with Gasteiger partial charge in [0.15, 0.2) is 13.0 Å². The maximum atomic E-state index is 7.35. The average molecular weight is 834 g/mol. The molecular formula is C25H9Cl7N6S6. The van der Waals surface area contributed by atoms with Gasteiger partial charge in [-0.05, 0) is 20.8 Å². The molecule has 6 aromatic rings. The third-order valence-corrected chi connectivity index (χ3v) is 15.7. The summed E-state index contributed by atoms with van der Waals surface area (Å²) in [5.74, 6) is 0. The average Bonchev–Trinajstić information content (AvgIpc) is 3.77. The Kier molecular flexibility index (Phi) is 9.00. The normalized spacial score (nSPS) is 12.1. The fraction of sp³-hybridized carbons (Fsp3) is 0.120. The maximum absolute atomic E-state index is 7.35. The minimum Gasteiger partial charge on any atom is -0.143 e. The van der Waals surface area contributed by atoms with Crippen LogP contribution in [-0.2, 0) is 0 Å². The molecule has 0 fully saturated rings. The van der Waals surface area contributed by atoms with Gasteiger partial charge in [-0.25, -0.2) is 0 Å². The van der Waals surface area contributed by atoms with Crippen molar-refractivity contribution >= 4 is 161 Å². The van der Waals surface area contributed by atoms with Gasteiger partial charge in [0, 0.05) is 47.7 Å². The zero-order valence-electron chi connectivity index (χ0n) is 21.8. The van der Waals surface area contributed by atoms with Gasteiger partial charge in [0.05, 0.1) is 35.2 Å². The Labute approximate surface area is 309 Å². The highest BCUT2D eigenvalue weighted by atomic mass is 35.5. The molecule has 0 amide bonds. The summed E-state index contributed by atoms with van der Waals surface area (Å²) in [5, 5.41) is 31.0. The van der Waals surface area contributed by atoms with Crippen LogP contribution in [-0.4, -0.2) is 30.6 Å². The topological polar surface area (TPSA) is 77.3 Å². The third kappa shape index (κ3) is 5.24. The quantitative estimate of drug-likeness (QED) is 0.120. The van der Waals surface area contributed by atoms with E-state index in [1.54, 1.807) is 0 Å². The van der Waals surface area contributed by atoms with E-state index in [9.17, 15) is 0 Å². The summed E-state index contributed by atoms with van der Waals surface area (Å²) in [4.78, 5) is 1.92. The van der Waals surface area contributed by atoms with Crippen molar-refractivity contribution in [1.29, 1.82) is 0 Å². The molecule has 0 N–H and O–H groups in total. The molecule has 19 heteroatoms. The molecule has 1 aliphatic rings. The van der Waals surface area contributed by atoms with Crippen molar-refractivity contribution in [1.82, 2.24) is 30.6 Å². The predicted octanol–water partition coefficient (Wildman–Crippen LogP) is 13.0. The lowest BCUT2D eigenvalue weighted by molar-refractivity contribution is 0.983. The molecule has 0 radical (unpaired) electrons. The Morgan fingerprint density at radius 1 is 0.386 bits per heavy atom. The van der Waals surface area contributed by atoms with Crippen LogP contribution in [0.1, 0.15) is 15.0 Å². The number of hydrogen-bond acceptors (Lipinski definition) is 12. The summed E-state index contributed by atoms with van der Waals surface area (Å²) in [6.45, 7) is 5.64. The summed E-state index contributed by atoms with van der Waals surface area (Å²) < 4.78 is 2.02. The van der Waals surface area contributed by atoms with Gasteiger partial charge in [0.2, 0.25) is 0 Å². The Morgan fingerprint density at radius 3 is 1.16 bits per heavy atom. The van der Waals surface area contributed by atoms with Crippen LogP contribution in [0.2, 0.25) is 35.2 Å². The molecule has 0 saturated carbocycles. The van der Waals surface area contributed by atoms with Crippen LogP contribution in [0.25, 0.3) is 33.0 Å². The molecule has 3 heterocycles. The minimum absolute atomic E-state index is 0.116. The minimum atomic E-state index is 0.116. The van der Waals surface area contributed by atoms with Crippen LogP contribution in [0.3, 0.4) is 0 Å². The third-order valence-electron chi connectivity index (χ3n) is 6.30. The van der Waals surface area contributed by atoms with E-state index in [0.717, 1.165) is 20.4 Å². The van der Waals surface area contributed by atoms with Crippen molar-refractivity contribution in [2.75, 3.05) is 0 Å². The first-order valence-corrected chi connectivity index (χ1v) is 19.5. The Morgan fingerprint density at radius 2 is 0.773 bits per heavy atom. The fourth-order valence-electron chi connectivity index (χ4n) is 4.65. The lowest BCUT2D eigenvalue weighted by atomic mass is 10.0.